The highest BCUT2D eigenvalue weighted by Crippen LogP contribution is 2.30. The number of nitrogens with zero attached hydrogens (tertiary/aromatic N) is 2. The number of sulfonamides is 1. The quantitative estimate of drug-likeness (QED) is 0.619. The second-order valence-corrected chi connectivity index (χ2v) is 10.4. The minimum Gasteiger partial charge on any atom is -0.495 e. The zero-order chi connectivity index (χ0) is 23.1. The predicted molar refractivity (Wildman–Crippen MR) is 127 cm³/mol. The van der Waals surface area contributed by atoms with Crippen LogP contribution in [0.2, 0.25) is 5.02 Å². The molecule has 9 heteroatoms. The van der Waals surface area contributed by atoms with Crippen LogP contribution in [0, 0.1) is 0 Å². The molecular formula is C23H30ClN3O4S. The maximum atomic E-state index is 13.1. The van der Waals surface area contributed by atoms with Crippen LogP contribution in [0.25, 0.3) is 0 Å². The van der Waals surface area contributed by atoms with Gasteiger partial charge in [-0.1, -0.05) is 36.6 Å². The molecule has 2 aromatic rings. The Kier molecular flexibility index (Phi) is 8.53. The minimum absolute atomic E-state index is 0.124. The number of hydrogen-bond donors (Lipinski definition) is 1. The molecular weight excluding hydrogens is 450 g/mol. The van der Waals surface area contributed by atoms with Gasteiger partial charge in [0.05, 0.1) is 24.2 Å². The average molecular weight is 480 g/mol. The lowest BCUT2D eigenvalue weighted by molar-refractivity contribution is -0.117. The van der Waals surface area contributed by atoms with Gasteiger partial charge in [-0.25, -0.2) is 8.42 Å². The van der Waals surface area contributed by atoms with Crippen LogP contribution in [-0.2, 0) is 21.4 Å². The molecule has 0 saturated carbocycles. The van der Waals surface area contributed by atoms with Gasteiger partial charge in [0.1, 0.15) is 5.75 Å². The van der Waals surface area contributed by atoms with E-state index in [2.05, 4.69) is 5.32 Å². The van der Waals surface area contributed by atoms with E-state index in [1.54, 1.807) is 12.1 Å². The highest BCUT2D eigenvalue weighted by molar-refractivity contribution is 7.89. The topological polar surface area (TPSA) is 79.0 Å². The molecule has 1 aliphatic heterocycles. The van der Waals surface area contributed by atoms with Gasteiger partial charge < -0.3 is 10.1 Å². The maximum absolute atomic E-state index is 13.1. The van der Waals surface area contributed by atoms with Gasteiger partial charge in [0.25, 0.3) is 0 Å². The summed E-state index contributed by atoms with van der Waals surface area (Å²) in [7, 11) is -0.316. The van der Waals surface area contributed by atoms with E-state index in [1.807, 2.05) is 30.1 Å². The van der Waals surface area contributed by atoms with Crippen LogP contribution < -0.4 is 10.1 Å². The summed E-state index contributed by atoms with van der Waals surface area (Å²) in [5.74, 6) is 0.141. The molecule has 0 spiro atoms. The molecule has 0 aromatic heterocycles. The Labute approximate surface area is 195 Å². The van der Waals surface area contributed by atoms with Gasteiger partial charge in [-0.05, 0) is 55.8 Å². The van der Waals surface area contributed by atoms with Gasteiger partial charge in [-0.3, -0.25) is 9.69 Å². The van der Waals surface area contributed by atoms with Gasteiger partial charge in [0.2, 0.25) is 15.9 Å². The number of carbonyl (C=O) groups is 1. The van der Waals surface area contributed by atoms with Crippen molar-refractivity contribution in [1.29, 1.82) is 0 Å². The largest absolute Gasteiger partial charge is 0.495 e. The molecule has 1 aliphatic rings. The Hall–Kier alpha value is -2.13. The number of likely N-dealkylation sites (N-methyl/N-ethyl adjacent to an activating group) is 1. The van der Waals surface area contributed by atoms with Gasteiger partial charge in [-0.2, -0.15) is 4.31 Å². The van der Waals surface area contributed by atoms with Crippen LogP contribution in [0.15, 0.2) is 47.4 Å². The summed E-state index contributed by atoms with van der Waals surface area (Å²) >= 11 is 6.03. The number of halogens is 1. The Morgan fingerprint density at radius 2 is 1.84 bits per heavy atom. The number of benzene rings is 2. The van der Waals surface area contributed by atoms with E-state index in [4.69, 9.17) is 16.3 Å². The Balaban J connectivity index is 1.71. The van der Waals surface area contributed by atoms with Crippen LogP contribution in [0.1, 0.15) is 31.2 Å². The summed E-state index contributed by atoms with van der Waals surface area (Å²) in [6.45, 7) is 1.71. The summed E-state index contributed by atoms with van der Waals surface area (Å²) < 4.78 is 33.2. The fraction of sp³-hybridized carbons (Fsp3) is 0.435. The predicted octanol–water partition coefficient (Wildman–Crippen LogP) is 3.98. The van der Waals surface area contributed by atoms with Crippen molar-refractivity contribution in [2.75, 3.05) is 39.1 Å². The molecule has 2 aromatic carbocycles. The maximum Gasteiger partial charge on any atom is 0.243 e. The zero-order valence-corrected chi connectivity index (χ0v) is 20.1. The molecule has 1 N–H and O–H groups in total. The number of nitrogens with one attached hydrogen (secondary N) is 1. The first-order chi connectivity index (χ1) is 15.3. The highest BCUT2D eigenvalue weighted by Gasteiger charge is 2.26. The van der Waals surface area contributed by atoms with Crippen molar-refractivity contribution in [2.24, 2.45) is 0 Å². The highest BCUT2D eigenvalue weighted by atomic mass is 35.5. The Morgan fingerprint density at radius 3 is 2.50 bits per heavy atom. The molecule has 32 heavy (non-hydrogen) atoms. The summed E-state index contributed by atoms with van der Waals surface area (Å²) in [6, 6.07) is 12.1. The molecule has 1 amide bonds. The number of carbonyl (C=O) groups excluding carboxylic acids is 1. The molecule has 0 unspecified atom stereocenters. The summed E-state index contributed by atoms with van der Waals surface area (Å²) in [5.41, 5.74) is 1.33. The smallest absolute Gasteiger partial charge is 0.243 e. The lowest BCUT2D eigenvalue weighted by Gasteiger charge is -2.21. The third-order valence-electron chi connectivity index (χ3n) is 5.40. The number of hydrogen-bond acceptors (Lipinski definition) is 5. The van der Waals surface area contributed by atoms with Gasteiger partial charge in [0.15, 0.2) is 0 Å². The van der Waals surface area contributed by atoms with Crippen LogP contribution in [-0.4, -0.2) is 57.3 Å². The lowest BCUT2D eigenvalue weighted by atomic mass is 10.2. The number of amides is 1. The Morgan fingerprint density at radius 1 is 1.12 bits per heavy atom. The monoisotopic (exact) mass is 479 g/mol. The van der Waals surface area contributed by atoms with E-state index in [9.17, 15) is 13.2 Å². The fourth-order valence-corrected chi connectivity index (χ4v) is 5.57. The van der Waals surface area contributed by atoms with Crippen LogP contribution in [0.5, 0.6) is 5.75 Å². The SMILES string of the molecule is COc1ccc(S(=O)(=O)N2CCCCCC2)cc1NC(=O)CN(C)Cc1cccc(Cl)c1. The first kappa shape index (κ1) is 24.5. The van der Waals surface area contributed by atoms with Crippen LogP contribution in [0.3, 0.4) is 0 Å². The van der Waals surface area contributed by atoms with Crippen molar-refractivity contribution in [3.63, 3.8) is 0 Å². The number of methoxy groups -OCH3 is 1. The summed E-state index contributed by atoms with van der Waals surface area (Å²) in [5, 5.41) is 3.45. The molecule has 1 saturated heterocycles. The molecule has 1 fully saturated rings. The van der Waals surface area contributed by atoms with Crippen molar-refractivity contribution in [3.8, 4) is 5.75 Å². The van der Waals surface area contributed by atoms with Crippen LogP contribution in [0.4, 0.5) is 5.69 Å². The number of ether oxygens (including phenoxy) is 1. The molecule has 0 bridgehead atoms. The van der Waals surface area contributed by atoms with Crippen molar-refractivity contribution in [2.45, 2.75) is 37.1 Å². The van der Waals surface area contributed by atoms with E-state index in [0.29, 0.717) is 36.1 Å². The zero-order valence-electron chi connectivity index (χ0n) is 18.5. The van der Waals surface area contributed by atoms with E-state index >= 15 is 0 Å². The number of anilines is 1. The third-order valence-corrected chi connectivity index (χ3v) is 7.53. The van der Waals surface area contributed by atoms with Crippen molar-refractivity contribution < 1.29 is 17.9 Å². The van der Waals surface area contributed by atoms with Crippen LogP contribution >= 0.6 is 11.6 Å². The fourth-order valence-electron chi connectivity index (χ4n) is 3.81. The number of rotatable bonds is 8. The van der Waals surface area contributed by atoms with E-state index in [0.717, 1.165) is 31.2 Å². The minimum atomic E-state index is -3.63. The van der Waals surface area contributed by atoms with E-state index in [-0.39, 0.29) is 17.3 Å². The Bertz CT molecular complexity index is 1040. The van der Waals surface area contributed by atoms with E-state index < -0.39 is 10.0 Å². The molecule has 0 atom stereocenters. The van der Waals surface area contributed by atoms with Gasteiger partial charge in [-0.15, -0.1) is 0 Å². The molecule has 174 valence electrons. The summed E-state index contributed by atoms with van der Waals surface area (Å²) in [6.07, 6.45) is 3.80. The molecule has 7 nitrogen and oxygen atoms in total. The van der Waals surface area contributed by atoms with Gasteiger partial charge in [0, 0.05) is 24.7 Å². The molecule has 1 heterocycles. The van der Waals surface area contributed by atoms with Crippen molar-refractivity contribution >= 4 is 33.2 Å². The first-order valence-electron chi connectivity index (χ1n) is 10.7. The summed E-state index contributed by atoms with van der Waals surface area (Å²) in [4.78, 5) is 14.7. The second-order valence-electron chi connectivity index (χ2n) is 8.03. The average Bonchev–Trinajstić information content (AvgIpc) is 3.03. The molecule has 3 rings (SSSR count). The molecule has 0 aliphatic carbocycles. The second kappa shape index (κ2) is 11.1. The van der Waals surface area contributed by atoms with E-state index in [1.165, 1.54) is 23.5 Å². The normalized spacial score (nSPS) is 15.4. The third kappa shape index (κ3) is 6.45. The van der Waals surface area contributed by atoms with Gasteiger partial charge >= 0.3 is 0 Å². The van der Waals surface area contributed by atoms with Crippen molar-refractivity contribution in [3.05, 3.63) is 53.1 Å². The first-order valence-corrected chi connectivity index (χ1v) is 12.5. The lowest BCUT2D eigenvalue weighted by Crippen LogP contribution is -2.32. The molecule has 0 radical (unpaired) electrons. The van der Waals surface area contributed by atoms with Crippen molar-refractivity contribution in [1.82, 2.24) is 9.21 Å². The standard InChI is InChI=1S/C23H30ClN3O4S/c1-26(16-18-8-7-9-19(24)14-18)17-23(28)25-21-15-20(10-11-22(21)31-2)32(29,30)27-12-5-3-4-6-13-27/h7-11,14-15H,3-6,12-13,16-17H2,1-2H3,(H,25,28).